The average molecular weight is 337 g/mol. The largest absolute Gasteiger partial charge is 3.00 e. The average Bonchev–Trinajstić information content (AvgIpc) is 2.11. The first-order valence-electron chi connectivity index (χ1n) is 4.96. The maximum Gasteiger partial charge on any atom is 3.00 e. The molecule has 0 aromatic carbocycles. The zero-order valence-corrected chi connectivity index (χ0v) is 13.8. The van der Waals surface area contributed by atoms with Crippen molar-refractivity contribution in [2.45, 2.75) is 32.1 Å². The van der Waals surface area contributed by atoms with Gasteiger partial charge >= 0.3 is 46.6 Å². The molecule has 0 fully saturated rings. The minimum atomic E-state index is -1.81. The van der Waals surface area contributed by atoms with Gasteiger partial charge in [0.1, 0.15) is 0 Å². The van der Waals surface area contributed by atoms with Gasteiger partial charge in [0, 0.05) is 23.9 Å². The van der Waals surface area contributed by atoms with E-state index in [0.29, 0.717) is 0 Å². The van der Waals surface area contributed by atoms with E-state index in [4.69, 9.17) is 0 Å². The van der Waals surface area contributed by atoms with Gasteiger partial charge in [0.15, 0.2) is 0 Å². The Kier molecular flexibility index (Phi) is 13.6. The number of aliphatic carboxylic acids is 4. The van der Waals surface area contributed by atoms with Gasteiger partial charge in [-0.1, -0.05) is 0 Å². The normalized spacial score (nSPS) is 9.80. The predicted molar refractivity (Wildman–Crippen MR) is 45.5 cm³/mol. The molecule has 10 heteroatoms. The fourth-order valence-corrected chi connectivity index (χ4v) is 1.74. The summed E-state index contributed by atoms with van der Waals surface area (Å²) in [5.74, 6) is -6.60. The molecule has 0 heterocycles. The van der Waals surface area contributed by atoms with E-state index >= 15 is 0 Å². The van der Waals surface area contributed by atoms with Crippen LogP contribution in [0.25, 0.3) is 0 Å². The summed E-state index contributed by atoms with van der Waals surface area (Å²) in [6.45, 7) is 0. The summed E-state index contributed by atoms with van der Waals surface area (Å²) in [7, 11) is 0. The monoisotopic (exact) mass is 337 g/mol. The second-order valence-electron chi connectivity index (χ2n) is 4.02. The molecule has 0 unspecified atom stereocenters. The van der Waals surface area contributed by atoms with Gasteiger partial charge < -0.3 is 39.6 Å². The van der Waals surface area contributed by atoms with Gasteiger partial charge in [0.25, 0.3) is 0 Å². The van der Waals surface area contributed by atoms with E-state index in [1.807, 2.05) is 0 Å². The Morgan fingerprint density at radius 1 is 0.700 bits per heavy atom. The molecular weight excluding hydrogens is 327 g/mol. The van der Waals surface area contributed by atoms with Crippen LogP contribution in [-0.2, 0) is 36.2 Å². The van der Waals surface area contributed by atoms with Crippen LogP contribution in [0.1, 0.15) is 32.1 Å². The van der Waals surface area contributed by atoms with E-state index in [-0.39, 0.29) is 46.6 Å². The molecule has 0 atom stereocenters. The summed E-state index contributed by atoms with van der Waals surface area (Å²) in [6, 6.07) is 0. The van der Waals surface area contributed by atoms with Crippen molar-refractivity contribution in [2.75, 3.05) is 0 Å². The molecule has 0 bridgehead atoms. The van der Waals surface area contributed by atoms with Crippen LogP contribution in [0.3, 0.4) is 0 Å². The van der Waals surface area contributed by atoms with Crippen molar-refractivity contribution in [2.24, 2.45) is 5.41 Å². The van der Waals surface area contributed by atoms with Crippen LogP contribution >= 0.6 is 0 Å². The summed E-state index contributed by atoms with van der Waals surface area (Å²) in [6.07, 6.45) is -3.91. The maximum absolute atomic E-state index is 10.5. The van der Waals surface area contributed by atoms with E-state index in [0.717, 1.165) is 0 Å². The molecule has 0 aromatic rings. The molecule has 1 radical (unpaired) electrons. The van der Waals surface area contributed by atoms with Crippen molar-refractivity contribution in [3.8, 4) is 0 Å². The number of carbonyl (C=O) groups excluding carboxylic acids is 4. The molecule has 0 rings (SSSR count). The fourth-order valence-electron chi connectivity index (χ4n) is 1.74. The van der Waals surface area contributed by atoms with Crippen molar-refractivity contribution in [3.63, 3.8) is 0 Å². The molecule has 0 N–H and O–H groups in total. The van der Waals surface area contributed by atoms with E-state index in [2.05, 4.69) is 0 Å². The zero-order chi connectivity index (χ0) is 14.3. The number of hydrogen-bond acceptors (Lipinski definition) is 8. The molecule has 0 aliphatic rings. The second kappa shape index (κ2) is 11.1. The summed E-state index contributed by atoms with van der Waals surface area (Å²) >= 11 is 0. The molecule has 0 amide bonds. The van der Waals surface area contributed by atoms with Gasteiger partial charge in [0.05, 0.1) is 0 Å². The van der Waals surface area contributed by atoms with Crippen molar-refractivity contribution in [1.29, 1.82) is 0 Å². The third kappa shape index (κ3) is 11.2. The topological polar surface area (TPSA) is 161 Å². The van der Waals surface area contributed by atoms with Gasteiger partial charge in [-0.2, -0.15) is 0 Å². The number of carboxylic acids is 4. The molecule has 0 aliphatic carbocycles. The summed E-state index contributed by atoms with van der Waals surface area (Å²) in [5, 5.41) is 41.9. The smallest absolute Gasteiger partial charge is 0.550 e. The zero-order valence-electron chi connectivity index (χ0n) is 10.7. The quantitative estimate of drug-likeness (QED) is 0.375. The summed E-state index contributed by atoms with van der Waals surface area (Å²) in [5.41, 5.74) is -1.81. The van der Waals surface area contributed by atoms with E-state index < -0.39 is 61.4 Å². The Labute approximate surface area is 147 Å². The third-order valence-electron chi connectivity index (χ3n) is 2.42. The van der Waals surface area contributed by atoms with Crippen LogP contribution in [0.2, 0.25) is 0 Å². The van der Waals surface area contributed by atoms with Crippen LogP contribution in [0, 0.1) is 5.41 Å². The minimum Gasteiger partial charge on any atom is -0.550 e. The first-order chi connectivity index (χ1) is 8.17. The predicted octanol–water partition coefficient (Wildman–Crippen LogP) is -8.08. The minimum absolute atomic E-state index is 0. The molecule has 107 valence electrons. The second-order valence-corrected chi connectivity index (χ2v) is 4.02. The Morgan fingerprint density at radius 3 is 1.20 bits per heavy atom. The first-order valence-corrected chi connectivity index (χ1v) is 4.96. The van der Waals surface area contributed by atoms with Crippen molar-refractivity contribution in [3.05, 3.63) is 0 Å². The molecular formula is C10H10FeNaO8. The Balaban J connectivity index is -0.00000144. The first kappa shape index (κ1) is 24.4. The third-order valence-corrected chi connectivity index (χ3v) is 2.42. The molecule has 0 spiro atoms. The summed E-state index contributed by atoms with van der Waals surface area (Å²) < 4.78 is 0. The van der Waals surface area contributed by atoms with E-state index in [1.54, 1.807) is 0 Å². The van der Waals surface area contributed by atoms with E-state index in [1.165, 1.54) is 0 Å². The molecule has 0 aliphatic heterocycles. The van der Waals surface area contributed by atoms with E-state index in [9.17, 15) is 39.6 Å². The molecule has 0 saturated carbocycles. The standard InChI is InChI=1S/C10H14O8.Fe.Na/c11-6(12)1-2-10(3-7(13)14,4-8(15)16)5-9(17)18;;/h1-5H2,(H,11,12)(H,13,14)(H,15,16)(H,17,18);;/q;+3;+1/p-4. The van der Waals surface area contributed by atoms with Crippen molar-refractivity contribution < 1.29 is 86.2 Å². The summed E-state index contributed by atoms with van der Waals surface area (Å²) in [4.78, 5) is 41.9. The van der Waals surface area contributed by atoms with Crippen molar-refractivity contribution >= 4 is 23.9 Å². The van der Waals surface area contributed by atoms with Crippen LogP contribution in [0.15, 0.2) is 0 Å². The number of carboxylic acid groups (broad SMARTS) is 4. The van der Waals surface area contributed by atoms with Crippen LogP contribution in [-0.4, -0.2) is 23.9 Å². The Bertz CT molecular complexity index is 329. The maximum atomic E-state index is 10.5. The van der Waals surface area contributed by atoms with Gasteiger partial charge in [-0.05, 0) is 37.5 Å². The number of carbonyl (C=O) groups is 4. The molecule has 8 nitrogen and oxygen atoms in total. The molecule has 0 aromatic heterocycles. The number of hydrogen-bond donors (Lipinski definition) is 0. The number of rotatable bonds is 9. The Hall–Kier alpha value is -0.601. The van der Waals surface area contributed by atoms with Crippen LogP contribution < -0.4 is 50.0 Å². The molecule has 0 saturated heterocycles. The van der Waals surface area contributed by atoms with Gasteiger partial charge in [-0.3, -0.25) is 0 Å². The van der Waals surface area contributed by atoms with Crippen LogP contribution in [0.5, 0.6) is 0 Å². The van der Waals surface area contributed by atoms with Gasteiger partial charge in [-0.15, -0.1) is 0 Å². The fraction of sp³-hybridized carbons (Fsp3) is 0.600. The van der Waals surface area contributed by atoms with Gasteiger partial charge in [-0.25, -0.2) is 0 Å². The van der Waals surface area contributed by atoms with Crippen molar-refractivity contribution in [1.82, 2.24) is 0 Å². The van der Waals surface area contributed by atoms with Gasteiger partial charge in [0.2, 0.25) is 0 Å². The SMILES string of the molecule is O=C([O-])CCC(CC(=O)[O-])(CC(=O)[O-])CC(=O)[O-].[Fe+3].[Na+]. The Morgan fingerprint density at radius 2 is 1.00 bits per heavy atom. The molecule has 20 heavy (non-hydrogen) atoms. The van der Waals surface area contributed by atoms with Crippen LogP contribution in [0.4, 0.5) is 0 Å².